The van der Waals surface area contributed by atoms with Crippen LogP contribution in [-0.2, 0) is 19.1 Å². The largest absolute Gasteiger partial charge is 0.455 e. The summed E-state index contributed by atoms with van der Waals surface area (Å²) in [6, 6.07) is 8.75. The number of pyridine rings is 2. The molecule has 0 aliphatic carbocycles. The van der Waals surface area contributed by atoms with E-state index in [0.29, 0.717) is 30.1 Å². The van der Waals surface area contributed by atoms with Crippen LogP contribution in [0.25, 0.3) is 11.0 Å². The lowest BCUT2D eigenvalue weighted by Gasteiger charge is -2.35. The summed E-state index contributed by atoms with van der Waals surface area (Å²) >= 11 is 0. The lowest BCUT2D eigenvalue weighted by atomic mass is 9.98. The first kappa shape index (κ1) is 28.9. The number of benzene rings is 1. The molecular formula is C31H34F3N7O2. The minimum Gasteiger partial charge on any atom is -0.455 e. The summed E-state index contributed by atoms with van der Waals surface area (Å²) < 4.78 is 48.4. The van der Waals surface area contributed by atoms with Crippen LogP contribution < -0.4 is 10.1 Å². The van der Waals surface area contributed by atoms with Crippen molar-refractivity contribution < 1.29 is 22.7 Å². The summed E-state index contributed by atoms with van der Waals surface area (Å²) in [4.78, 5) is 31.2. The summed E-state index contributed by atoms with van der Waals surface area (Å²) in [5, 5.41) is 3.54. The molecule has 2 amide bonds. The number of fused-ring (bicyclic) bond motifs is 2. The number of likely N-dealkylation sites (N-methyl/N-ethyl adjacent to an activating group) is 1. The Bertz CT molecular complexity index is 1610. The van der Waals surface area contributed by atoms with E-state index in [4.69, 9.17) is 4.74 Å². The van der Waals surface area contributed by atoms with Gasteiger partial charge in [0, 0.05) is 69.5 Å². The molecule has 0 unspecified atom stereocenters. The van der Waals surface area contributed by atoms with E-state index in [2.05, 4.69) is 32.1 Å². The number of halogens is 3. The molecule has 43 heavy (non-hydrogen) atoms. The van der Waals surface area contributed by atoms with Crippen LogP contribution in [0.1, 0.15) is 42.3 Å². The van der Waals surface area contributed by atoms with Crippen LogP contribution in [0.2, 0.25) is 0 Å². The van der Waals surface area contributed by atoms with Crippen LogP contribution in [0.4, 0.5) is 23.7 Å². The van der Waals surface area contributed by atoms with Crippen molar-refractivity contribution in [2.45, 2.75) is 39.0 Å². The SMILES string of the molecule is CCN1CCN(Cc2ccc(NC(=O)N3CCc4ncc(Oc5ccnc6[nH]ccc56)cc4[C@H]3C)cc2C(F)(F)F)CC1. The minimum absolute atomic E-state index is 0.110. The zero-order valence-electron chi connectivity index (χ0n) is 24.1. The number of nitrogens with zero attached hydrogens (tertiary/aromatic N) is 5. The van der Waals surface area contributed by atoms with E-state index < -0.39 is 17.8 Å². The maximum Gasteiger partial charge on any atom is 0.416 e. The second-order valence-corrected chi connectivity index (χ2v) is 11.0. The highest BCUT2D eigenvalue weighted by Crippen LogP contribution is 2.36. The second-order valence-electron chi connectivity index (χ2n) is 11.0. The summed E-state index contributed by atoms with van der Waals surface area (Å²) in [5.74, 6) is 1.14. The molecule has 6 rings (SSSR count). The molecule has 2 aliphatic heterocycles. The fourth-order valence-electron chi connectivity index (χ4n) is 5.89. The van der Waals surface area contributed by atoms with Crippen molar-refractivity contribution in [3.63, 3.8) is 0 Å². The highest BCUT2D eigenvalue weighted by atomic mass is 19.4. The number of hydrogen-bond acceptors (Lipinski definition) is 6. The fraction of sp³-hybridized carbons (Fsp3) is 0.387. The van der Waals surface area contributed by atoms with Gasteiger partial charge in [0.2, 0.25) is 0 Å². The number of anilines is 1. The first-order valence-electron chi connectivity index (χ1n) is 14.5. The number of aromatic nitrogens is 3. The van der Waals surface area contributed by atoms with E-state index in [-0.39, 0.29) is 23.8 Å². The van der Waals surface area contributed by atoms with Crippen molar-refractivity contribution in [1.82, 2.24) is 29.7 Å². The summed E-state index contributed by atoms with van der Waals surface area (Å²) in [6.07, 6.45) is 1.07. The van der Waals surface area contributed by atoms with Crippen LogP contribution in [0.15, 0.2) is 55.0 Å². The average Bonchev–Trinajstić information content (AvgIpc) is 3.48. The lowest BCUT2D eigenvalue weighted by Crippen LogP contribution is -2.45. The molecule has 1 atom stereocenters. The Balaban J connectivity index is 1.16. The molecule has 0 bridgehead atoms. The van der Waals surface area contributed by atoms with Gasteiger partial charge in [-0.3, -0.25) is 9.88 Å². The van der Waals surface area contributed by atoms with Crippen LogP contribution >= 0.6 is 0 Å². The molecule has 12 heteroatoms. The molecule has 2 aliphatic rings. The molecule has 1 aromatic carbocycles. The Morgan fingerprint density at radius 1 is 1.07 bits per heavy atom. The van der Waals surface area contributed by atoms with Crippen molar-refractivity contribution in [2.24, 2.45) is 0 Å². The molecule has 1 fully saturated rings. The summed E-state index contributed by atoms with van der Waals surface area (Å²) in [6.45, 7) is 8.62. The zero-order valence-corrected chi connectivity index (χ0v) is 24.1. The molecule has 226 valence electrons. The molecular weight excluding hydrogens is 559 g/mol. The first-order valence-corrected chi connectivity index (χ1v) is 14.5. The fourth-order valence-corrected chi connectivity index (χ4v) is 5.89. The maximum absolute atomic E-state index is 14.1. The second kappa shape index (κ2) is 11.8. The normalized spacial score (nSPS) is 18.1. The molecule has 3 aromatic heterocycles. The minimum atomic E-state index is -4.54. The van der Waals surface area contributed by atoms with Gasteiger partial charge in [-0.1, -0.05) is 13.0 Å². The van der Waals surface area contributed by atoms with Gasteiger partial charge in [-0.15, -0.1) is 0 Å². The number of piperazine rings is 1. The number of nitrogens with one attached hydrogen (secondary N) is 2. The van der Waals surface area contributed by atoms with Gasteiger partial charge in [0.1, 0.15) is 17.1 Å². The van der Waals surface area contributed by atoms with Crippen LogP contribution in [0.3, 0.4) is 0 Å². The number of hydrogen-bond donors (Lipinski definition) is 2. The summed E-state index contributed by atoms with van der Waals surface area (Å²) in [7, 11) is 0. The van der Waals surface area contributed by atoms with E-state index in [1.54, 1.807) is 35.6 Å². The Hall–Kier alpha value is -4.16. The smallest absolute Gasteiger partial charge is 0.416 e. The number of urea groups is 1. The standard InChI is InChI=1S/C31H34F3N7O2/c1-3-39-12-14-40(15-13-39)19-21-4-5-22(16-26(21)31(32,33)34)38-30(42)41-11-8-27-25(20(41)2)17-23(18-37-27)43-28-7-10-36-29-24(28)6-9-35-29/h4-7,9-10,16-18,20H,3,8,11-15,19H2,1-2H3,(H,35,36)(H,38,42)/t20-/m1/s1. The maximum atomic E-state index is 14.1. The number of carbonyl (C=O) groups is 1. The third kappa shape index (κ3) is 6.16. The molecule has 4 aromatic rings. The van der Waals surface area contributed by atoms with Gasteiger partial charge in [0.05, 0.1) is 23.2 Å². The van der Waals surface area contributed by atoms with E-state index in [0.717, 1.165) is 55.4 Å². The number of alkyl halides is 3. The number of H-pyrrole nitrogens is 1. The van der Waals surface area contributed by atoms with E-state index in [1.807, 2.05) is 24.0 Å². The number of amides is 2. The zero-order chi connectivity index (χ0) is 30.1. The monoisotopic (exact) mass is 593 g/mol. The van der Waals surface area contributed by atoms with Gasteiger partial charge >= 0.3 is 12.2 Å². The molecule has 2 N–H and O–H groups in total. The number of rotatable bonds is 6. The molecule has 0 spiro atoms. The van der Waals surface area contributed by atoms with Crippen molar-refractivity contribution in [3.05, 3.63) is 77.4 Å². The van der Waals surface area contributed by atoms with E-state index in [9.17, 15) is 18.0 Å². The predicted octanol–water partition coefficient (Wildman–Crippen LogP) is 6.06. The molecule has 0 radical (unpaired) electrons. The Kier molecular flexibility index (Phi) is 7.97. The number of carbonyl (C=O) groups excluding carboxylic acids is 1. The van der Waals surface area contributed by atoms with Crippen LogP contribution in [-0.4, -0.2) is 75.0 Å². The highest BCUT2D eigenvalue weighted by molar-refractivity contribution is 5.90. The third-order valence-electron chi connectivity index (χ3n) is 8.37. The predicted molar refractivity (Wildman–Crippen MR) is 157 cm³/mol. The average molecular weight is 594 g/mol. The molecule has 9 nitrogen and oxygen atoms in total. The number of ether oxygens (including phenoxy) is 1. The summed E-state index contributed by atoms with van der Waals surface area (Å²) in [5.41, 5.74) is 1.98. The van der Waals surface area contributed by atoms with Gasteiger partial charge in [0.15, 0.2) is 0 Å². The van der Waals surface area contributed by atoms with Gasteiger partial charge in [-0.05, 0) is 54.9 Å². The Labute approximate surface area is 247 Å². The van der Waals surface area contributed by atoms with Crippen LogP contribution in [0.5, 0.6) is 11.5 Å². The number of aromatic amines is 1. The van der Waals surface area contributed by atoms with Gasteiger partial charge in [0.25, 0.3) is 0 Å². The van der Waals surface area contributed by atoms with E-state index in [1.165, 1.54) is 6.07 Å². The van der Waals surface area contributed by atoms with Crippen LogP contribution in [0, 0.1) is 0 Å². The Morgan fingerprint density at radius 3 is 2.63 bits per heavy atom. The lowest BCUT2D eigenvalue weighted by molar-refractivity contribution is -0.138. The molecule has 0 saturated carbocycles. The molecule has 1 saturated heterocycles. The highest BCUT2D eigenvalue weighted by Gasteiger charge is 2.35. The van der Waals surface area contributed by atoms with E-state index >= 15 is 0 Å². The van der Waals surface area contributed by atoms with Crippen molar-refractivity contribution >= 4 is 22.8 Å². The van der Waals surface area contributed by atoms with Crippen molar-refractivity contribution in [2.75, 3.05) is 44.6 Å². The quantitative estimate of drug-likeness (QED) is 0.283. The van der Waals surface area contributed by atoms with Crippen molar-refractivity contribution in [3.8, 4) is 11.5 Å². The topological polar surface area (TPSA) is 89.6 Å². The first-order chi connectivity index (χ1) is 20.7. The Morgan fingerprint density at radius 2 is 1.86 bits per heavy atom. The molecule has 5 heterocycles. The van der Waals surface area contributed by atoms with Gasteiger partial charge in [-0.2, -0.15) is 13.2 Å². The van der Waals surface area contributed by atoms with Crippen molar-refractivity contribution in [1.29, 1.82) is 0 Å². The van der Waals surface area contributed by atoms with Gasteiger partial charge in [-0.25, -0.2) is 9.78 Å². The van der Waals surface area contributed by atoms with Gasteiger partial charge < -0.3 is 24.8 Å². The third-order valence-corrected chi connectivity index (χ3v) is 8.37.